The van der Waals surface area contributed by atoms with Gasteiger partial charge in [-0.15, -0.1) is 23.0 Å². The van der Waals surface area contributed by atoms with Gasteiger partial charge in [-0.2, -0.15) is 0 Å². The number of hydrogen-bond acceptors (Lipinski definition) is 0. The molecule has 6 heteroatoms. The Bertz CT molecular complexity index is 2070. The van der Waals surface area contributed by atoms with E-state index in [0.29, 0.717) is 18.5 Å². The maximum atomic E-state index is 2.51. The zero-order valence-corrected chi connectivity index (χ0v) is 42.7. The Balaban J connectivity index is 1.84. The Morgan fingerprint density at radius 3 is 0.500 bits per heavy atom. The predicted octanol–water partition coefficient (Wildman–Crippen LogP) is 12.2. The maximum absolute atomic E-state index is 2.51. The van der Waals surface area contributed by atoms with Crippen LogP contribution < -0.4 is 32.3 Å². The van der Waals surface area contributed by atoms with Gasteiger partial charge in [0.1, 0.15) is 0 Å². The third-order valence-corrected chi connectivity index (χ3v) is 26.1. The zero-order chi connectivity index (χ0) is 43.8. The first kappa shape index (κ1) is 44.8. The quantitative estimate of drug-likeness (QED) is 0.116. The first-order valence-electron chi connectivity index (χ1n) is 22.0. The maximum Gasteiger partial charge on any atom is 0.227 e. The van der Waals surface area contributed by atoms with Crippen molar-refractivity contribution in [3.8, 4) is 0 Å². The summed E-state index contributed by atoms with van der Waals surface area (Å²) in [6.07, 6.45) is 0.988. The van der Waals surface area contributed by atoms with Crippen LogP contribution in [0.4, 0.5) is 0 Å². The van der Waals surface area contributed by atoms with Crippen LogP contribution in [0.3, 0.4) is 0 Å². The molecule has 0 saturated carbocycles. The fraction of sp³-hybridized carbons (Fsp3) is 0.333. The summed E-state index contributed by atoms with van der Waals surface area (Å²) in [7, 11) is -2.58. The average molecular weight is 840 g/mol. The Morgan fingerprint density at radius 2 is 0.350 bits per heavy atom. The van der Waals surface area contributed by atoms with Gasteiger partial charge in [0.2, 0.25) is 18.5 Å². The van der Waals surface area contributed by atoms with E-state index in [4.69, 9.17) is 0 Å². The van der Waals surface area contributed by atoms with Crippen LogP contribution in [-0.2, 0) is 0 Å². The van der Waals surface area contributed by atoms with Gasteiger partial charge in [-0.1, -0.05) is 156 Å². The molecule has 1 saturated heterocycles. The summed E-state index contributed by atoms with van der Waals surface area (Å²) in [5.41, 5.74) is 30.6. The molecule has 0 aromatic heterocycles. The lowest BCUT2D eigenvalue weighted by Gasteiger charge is -2.54. The second kappa shape index (κ2) is 17.2. The number of rotatable bonds is 6. The van der Waals surface area contributed by atoms with E-state index in [1.807, 2.05) is 0 Å². The van der Waals surface area contributed by atoms with E-state index in [9.17, 15) is 0 Å². The van der Waals surface area contributed by atoms with E-state index >= 15 is 0 Å². The molecule has 0 amide bonds. The SMILES string of the molecule is Cc1cc(C)c(B2P(c3c(C)cc(C)cc3C)B(c3c(C)cc(C)cc3C)P(c3c(C)cc(C)cc3C)B(c3c(C)cc(C)cc3C)P2c2c(C)cc(C)cc2C)c(C)c1. The molecule has 306 valence electrons. The van der Waals surface area contributed by atoms with Crippen LogP contribution >= 0.6 is 23.0 Å². The highest BCUT2D eigenvalue weighted by molar-refractivity contribution is 8.66. The first-order chi connectivity index (χ1) is 28.2. The molecule has 1 heterocycles. The highest BCUT2D eigenvalue weighted by atomic mass is 31.2. The van der Waals surface area contributed by atoms with Crippen LogP contribution in [0.1, 0.15) is 100 Å². The summed E-state index contributed by atoms with van der Waals surface area (Å²) in [5, 5.41) is 4.93. The molecule has 60 heavy (non-hydrogen) atoms. The van der Waals surface area contributed by atoms with Crippen molar-refractivity contribution in [2.75, 3.05) is 0 Å². The van der Waals surface area contributed by atoms with Gasteiger partial charge in [-0.05, 0) is 174 Å². The minimum atomic E-state index is -0.860. The van der Waals surface area contributed by atoms with Gasteiger partial charge in [0.25, 0.3) is 0 Å². The largest absolute Gasteiger partial charge is 0.227 e. The molecule has 0 nitrogen and oxygen atoms in total. The summed E-state index contributed by atoms with van der Waals surface area (Å²) in [5.74, 6) is 0. The van der Waals surface area contributed by atoms with Crippen molar-refractivity contribution in [1.82, 2.24) is 0 Å². The molecule has 1 aliphatic rings. The summed E-state index contributed by atoms with van der Waals surface area (Å²) in [6.45, 7) is 43.1. The van der Waals surface area contributed by atoms with Crippen molar-refractivity contribution in [1.29, 1.82) is 0 Å². The number of benzene rings is 6. The van der Waals surface area contributed by atoms with Crippen LogP contribution in [0.5, 0.6) is 0 Å². The predicted molar refractivity (Wildman–Crippen MR) is 280 cm³/mol. The highest BCUT2D eigenvalue weighted by Gasteiger charge is 2.60. The van der Waals surface area contributed by atoms with Crippen LogP contribution in [0.15, 0.2) is 72.8 Å². The first-order valence-corrected chi connectivity index (χ1v) is 26.5. The lowest BCUT2D eigenvalue weighted by molar-refractivity contribution is 1.35. The molecule has 0 radical (unpaired) electrons. The fourth-order valence-electron chi connectivity index (χ4n) is 11.9. The van der Waals surface area contributed by atoms with Crippen molar-refractivity contribution in [2.45, 2.75) is 125 Å². The second-order valence-corrected chi connectivity index (χ2v) is 27.1. The molecule has 7 rings (SSSR count). The van der Waals surface area contributed by atoms with Gasteiger partial charge in [0, 0.05) is 0 Å². The van der Waals surface area contributed by atoms with Crippen LogP contribution in [0, 0.1) is 125 Å². The Hall–Kier alpha value is -3.20. The topological polar surface area (TPSA) is 0 Å². The minimum absolute atomic E-state index is 0.329. The fourth-order valence-corrected chi connectivity index (χ4v) is 29.8. The minimum Gasteiger partial charge on any atom is -0.120 e. The summed E-state index contributed by atoms with van der Waals surface area (Å²) in [6, 6.07) is 30.1. The number of aryl methyl sites for hydroxylation is 18. The van der Waals surface area contributed by atoms with E-state index < -0.39 is 23.0 Å². The van der Waals surface area contributed by atoms with Crippen molar-refractivity contribution in [3.05, 3.63) is 173 Å². The molecule has 0 bridgehead atoms. The molecule has 0 unspecified atom stereocenters. The van der Waals surface area contributed by atoms with E-state index in [-0.39, 0.29) is 0 Å². The third-order valence-electron chi connectivity index (χ3n) is 13.3. The summed E-state index contributed by atoms with van der Waals surface area (Å²) in [4.78, 5) is 0. The monoisotopic (exact) mass is 840 g/mol. The van der Waals surface area contributed by atoms with Gasteiger partial charge < -0.3 is 0 Å². The smallest absolute Gasteiger partial charge is 0.120 e. The van der Waals surface area contributed by atoms with E-state index in [1.165, 1.54) is 100 Å². The standard InChI is InChI=1S/C54H66B3P3/c1-31-19-37(7)49(38(8)20-31)55-58(52-43(13)25-34(4)26-44(52)14)56(50-39(9)21-32(2)22-40(50)10)60(54-47(17)29-36(6)30-48(54)18)57(51-41(11)23-33(3)24-42(51)12)59(55)53-45(15)27-35(5)28-46(53)16/h19-30H,1-18H3. The van der Waals surface area contributed by atoms with E-state index in [1.54, 1.807) is 32.3 Å². The number of hydrogen-bond donors (Lipinski definition) is 0. The van der Waals surface area contributed by atoms with Gasteiger partial charge in [-0.25, -0.2) is 0 Å². The molecule has 1 fully saturated rings. The van der Waals surface area contributed by atoms with Gasteiger partial charge in [-0.3, -0.25) is 0 Å². The average Bonchev–Trinajstić information content (AvgIpc) is 3.08. The van der Waals surface area contributed by atoms with Gasteiger partial charge in [0.15, 0.2) is 0 Å². The molecular weight excluding hydrogens is 774 g/mol. The van der Waals surface area contributed by atoms with Gasteiger partial charge >= 0.3 is 0 Å². The third kappa shape index (κ3) is 8.00. The molecular formula is C54H66B3P3. The highest BCUT2D eigenvalue weighted by Crippen LogP contribution is 2.74. The second-order valence-electron chi connectivity index (χ2n) is 19.0. The van der Waals surface area contributed by atoms with Crippen molar-refractivity contribution >= 4 is 73.8 Å². The molecule has 0 aliphatic carbocycles. The van der Waals surface area contributed by atoms with Crippen molar-refractivity contribution in [2.24, 2.45) is 0 Å². The lowest BCUT2D eigenvalue weighted by atomic mass is 9.79. The molecule has 6 aromatic carbocycles. The molecule has 0 spiro atoms. The normalized spacial score (nSPS) is 16.9. The van der Waals surface area contributed by atoms with Crippen LogP contribution in [0.25, 0.3) is 0 Å². The molecule has 0 atom stereocenters. The van der Waals surface area contributed by atoms with Crippen molar-refractivity contribution in [3.63, 3.8) is 0 Å². The van der Waals surface area contributed by atoms with E-state index in [0.717, 1.165) is 0 Å². The van der Waals surface area contributed by atoms with Crippen molar-refractivity contribution < 1.29 is 0 Å². The van der Waals surface area contributed by atoms with Gasteiger partial charge in [0.05, 0.1) is 0 Å². The lowest BCUT2D eigenvalue weighted by Crippen LogP contribution is -2.58. The summed E-state index contributed by atoms with van der Waals surface area (Å²) < 4.78 is 0. The Kier molecular flexibility index (Phi) is 12.8. The van der Waals surface area contributed by atoms with Crippen LogP contribution in [0.2, 0.25) is 0 Å². The van der Waals surface area contributed by atoms with E-state index in [2.05, 4.69) is 197 Å². The Morgan fingerprint density at radius 1 is 0.217 bits per heavy atom. The summed E-state index contributed by atoms with van der Waals surface area (Å²) >= 11 is 0. The molecule has 1 aliphatic heterocycles. The Labute approximate surface area is 369 Å². The molecule has 6 aromatic rings. The van der Waals surface area contributed by atoms with Crippen LogP contribution in [-0.4, -0.2) is 18.5 Å². The zero-order valence-electron chi connectivity index (χ0n) is 40.0. The molecule has 0 N–H and O–H groups in total.